The third kappa shape index (κ3) is 1.66. The Kier molecular flexibility index (Phi) is 2.52. The molecule has 0 N–H and O–H groups in total. The van der Waals surface area contributed by atoms with Gasteiger partial charge in [0.15, 0.2) is 0 Å². The highest BCUT2D eigenvalue weighted by molar-refractivity contribution is 5.15. The van der Waals surface area contributed by atoms with Crippen LogP contribution >= 0.6 is 0 Å². The van der Waals surface area contributed by atoms with Gasteiger partial charge in [-0.3, -0.25) is 0 Å². The molecule has 2 atom stereocenters. The number of ether oxygens (including phenoxy) is 1. The monoisotopic (exact) mass is 192 g/mol. The third-order valence-corrected chi connectivity index (χ3v) is 3.91. The molecule has 1 aliphatic carbocycles. The van der Waals surface area contributed by atoms with Crippen LogP contribution in [-0.4, -0.2) is 13.2 Å². The molecule has 1 heteroatoms. The van der Waals surface area contributed by atoms with E-state index in [0.29, 0.717) is 11.3 Å². The second kappa shape index (κ2) is 3.54. The Bertz CT molecular complexity index is 262. The van der Waals surface area contributed by atoms with E-state index in [9.17, 15) is 0 Å². The molecule has 78 valence electrons. The smallest absolute Gasteiger partial charge is 0.0524 e. The first-order chi connectivity index (χ1) is 6.62. The van der Waals surface area contributed by atoms with E-state index < -0.39 is 0 Å². The van der Waals surface area contributed by atoms with Crippen LogP contribution in [0.1, 0.15) is 26.7 Å². The van der Waals surface area contributed by atoms with Gasteiger partial charge in [-0.25, -0.2) is 0 Å². The first kappa shape index (κ1) is 9.97. The van der Waals surface area contributed by atoms with Crippen molar-refractivity contribution in [2.45, 2.75) is 26.7 Å². The molecule has 0 aromatic carbocycles. The van der Waals surface area contributed by atoms with E-state index in [1.807, 2.05) is 0 Å². The summed E-state index contributed by atoms with van der Waals surface area (Å²) in [4.78, 5) is 0. The van der Waals surface area contributed by atoms with E-state index in [1.165, 1.54) is 18.4 Å². The van der Waals surface area contributed by atoms with Crippen LogP contribution in [0.4, 0.5) is 0 Å². The summed E-state index contributed by atoms with van der Waals surface area (Å²) in [5, 5.41) is 0. The predicted octanol–water partition coefficient (Wildman–Crippen LogP) is 3.18. The standard InChI is InChI=1S/C13H20O/c1-10(2)11-4-6-13(3,7-5-11)12-8-14-9-12/h4,6,11-12H,1,5,7-9H2,2-3H3/t11-,13?/m0/s1. The van der Waals surface area contributed by atoms with Crippen LogP contribution in [0.15, 0.2) is 24.3 Å². The number of rotatable bonds is 2. The van der Waals surface area contributed by atoms with Crippen LogP contribution in [0.5, 0.6) is 0 Å². The molecule has 2 aliphatic rings. The molecule has 14 heavy (non-hydrogen) atoms. The average molecular weight is 192 g/mol. The van der Waals surface area contributed by atoms with Crippen LogP contribution in [0.2, 0.25) is 0 Å². The van der Waals surface area contributed by atoms with E-state index in [1.54, 1.807) is 0 Å². The first-order valence-corrected chi connectivity index (χ1v) is 5.54. The molecule has 2 rings (SSSR count). The van der Waals surface area contributed by atoms with Crippen molar-refractivity contribution in [3.8, 4) is 0 Å². The minimum absolute atomic E-state index is 0.393. The molecule has 1 fully saturated rings. The van der Waals surface area contributed by atoms with Crippen molar-refractivity contribution in [1.29, 1.82) is 0 Å². The molecule has 0 aromatic rings. The van der Waals surface area contributed by atoms with Crippen LogP contribution in [0.25, 0.3) is 0 Å². The molecular weight excluding hydrogens is 172 g/mol. The molecule has 0 spiro atoms. The van der Waals surface area contributed by atoms with Crippen LogP contribution in [0, 0.1) is 17.3 Å². The fourth-order valence-electron chi connectivity index (χ4n) is 2.35. The summed E-state index contributed by atoms with van der Waals surface area (Å²) in [6.45, 7) is 10.4. The highest BCUT2D eigenvalue weighted by Crippen LogP contribution is 2.43. The normalized spacial score (nSPS) is 38.0. The molecular formula is C13H20O. The first-order valence-electron chi connectivity index (χ1n) is 5.54. The Balaban J connectivity index is 2.04. The summed E-state index contributed by atoms with van der Waals surface area (Å²) in [5.74, 6) is 1.37. The second-order valence-corrected chi connectivity index (χ2v) is 5.09. The summed E-state index contributed by atoms with van der Waals surface area (Å²) >= 11 is 0. The summed E-state index contributed by atoms with van der Waals surface area (Å²) in [5.41, 5.74) is 1.69. The maximum Gasteiger partial charge on any atom is 0.0524 e. The fourth-order valence-corrected chi connectivity index (χ4v) is 2.35. The highest BCUT2D eigenvalue weighted by atomic mass is 16.5. The van der Waals surface area contributed by atoms with Crippen molar-refractivity contribution in [3.05, 3.63) is 24.3 Å². The van der Waals surface area contributed by atoms with Crippen molar-refractivity contribution in [2.75, 3.05) is 13.2 Å². The summed E-state index contributed by atoms with van der Waals surface area (Å²) < 4.78 is 5.28. The molecule has 1 heterocycles. The van der Waals surface area contributed by atoms with Crippen molar-refractivity contribution >= 4 is 0 Å². The Labute approximate surface area is 86.8 Å². The molecule has 0 radical (unpaired) electrons. The number of hydrogen-bond donors (Lipinski definition) is 0. The summed E-state index contributed by atoms with van der Waals surface area (Å²) in [7, 11) is 0. The largest absolute Gasteiger partial charge is 0.381 e. The van der Waals surface area contributed by atoms with Gasteiger partial charge in [0.1, 0.15) is 0 Å². The van der Waals surface area contributed by atoms with Gasteiger partial charge in [-0.2, -0.15) is 0 Å². The Hall–Kier alpha value is -0.560. The number of hydrogen-bond acceptors (Lipinski definition) is 1. The minimum Gasteiger partial charge on any atom is -0.381 e. The number of allylic oxidation sites excluding steroid dienone is 3. The van der Waals surface area contributed by atoms with Gasteiger partial charge in [-0.1, -0.05) is 31.2 Å². The zero-order valence-corrected chi connectivity index (χ0v) is 9.25. The van der Waals surface area contributed by atoms with Gasteiger partial charge in [-0.15, -0.1) is 0 Å². The van der Waals surface area contributed by atoms with E-state index in [-0.39, 0.29) is 0 Å². The van der Waals surface area contributed by atoms with Crippen molar-refractivity contribution in [2.24, 2.45) is 17.3 Å². The van der Waals surface area contributed by atoms with E-state index in [2.05, 4.69) is 32.6 Å². The molecule has 1 saturated heterocycles. The van der Waals surface area contributed by atoms with Gasteiger partial charge >= 0.3 is 0 Å². The van der Waals surface area contributed by atoms with Crippen LogP contribution in [-0.2, 0) is 4.74 Å². The van der Waals surface area contributed by atoms with Gasteiger partial charge in [0, 0.05) is 5.92 Å². The quantitative estimate of drug-likeness (QED) is 0.611. The third-order valence-electron chi connectivity index (χ3n) is 3.91. The van der Waals surface area contributed by atoms with Crippen LogP contribution < -0.4 is 0 Å². The van der Waals surface area contributed by atoms with Crippen molar-refractivity contribution < 1.29 is 4.74 Å². The lowest BCUT2D eigenvalue weighted by Gasteiger charge is -2.43. The van der Waals surface area contributed by atoms with Gasteiger partial charge in [-0.05, 0) is 31.1 Å². The van der Waals surface area contributed by atoms with Crippen molar-refractivity contribution in [1.82, 2.24) is 0 Å². The minimum atomic E-state index is 0.393. The van der Waals surface area contributed by atoms with E-state index >= 15 is 0 Å². The Morgan fingerprint density at radius 1 is 1.50 bits per heavy atom. The van der Waals surface area contributed by atoms with Gasteiger partial charge < -0.3 is 4.74 Å². The van der Waals surface area contributed by atoms with Crippen LogP contribution in [0.3, 0.4) is 0 Å². The lowest BCUT2D eigenvalue weighted by Crippen LogP contribution is -2.41. The second-order valence-electron chi connectivity index (χ2n) is 5.09. The van der Waals surface area contributed by atoms with Gasteiger partial charge in [0.25, 0.3) is 0 Å². The summed E-state index contributed by atoms with van der Waals surface area (Å²) in [6.07, 6.45) is 7.31. The molecule has 0 bridgehead atoms. The molecule has 0 saturated carbocycles. The maximum atomic E-state index is 5.28. The molecule has 0 amide bonds. The Morgan fingerprint density at radius 2 is 2.21 bits per heavy atom. The Morgan fingerprint density at radius 3 is 2.57 bits per heavy atom. The highest BCUT2D eigenvalue weighted by Gasteiger charge is 2.38. The van der Waals surface area contributed by atoms with E-state index in [0.717, 1.165) is 19.1 Å². The van der Waals surface area contributed by atoms with Crippen molar-refractivity contribution in [3.63, 3.8) is 0 Å². The van der Waals surface area contributed by atoms with Gasteiger partial charge in [0.05, 0.1) is 13.2 Å². The van der Waals surface area contributed by atoms with Gasteiger partial charge in [0.2, 0.25) is 0 Å². The SMILES string of the molecule is C=C(C)[C@H]1C=CC(C)(C2COC2)CC1. The molecule has 1 aliphatic heterocycles. The van der Waals surface area contributed by atoms with E-state index in [4.69, 9.17) is 4.74 Å². The maximum absolute atomic E-state index is 5.28. The lowest BCUT2D eigenvalue weighted by atomic mass is 9.67. The zero-order chi connectivity index (χ0) is 10.2. The zero-order valence-electron chi connectivity index (χ0n) is 9.25. The fraction of sp³-hybridized carbons (Fsp3) is 0.692. The topological polar surface area (TPSA) is 9.23 Å². The summed E-state index contributed by atoms with van der Waals surface area (Å²) in [6, 6.07) is 0. The molecule has 1 unspecified atom stereocenters. The predicted molar refractivity (Wildman–Crippen MR) is 59.1 cm³/mol. The molecule has 0 aromatic heterocycles. The lowest BCUT2D eigenvalue weighted by molar-refractivity contribution is -0.0828. The molecule has 1 nitrogen and oxygen atoms in total. The average Bonchev–Trinajstić information content (AvgIpc) is 2.00.